The predicted octanol–water partition coefficient (Wildman–Crippen LogP) is 3.81. The molecule has 0 spiro atoms. The number of carbonyl (C=O) groups excluding carboxylic acids is 1. The molecule has 24 heavy (non-hydrogen) atoms. The van der Waals surface area contributed by atoms with Gasteiger partial charge >= 0.3 is 0 Å². The van der Waals surface area contributed by atoms with Crippen LogP contribution in [0.25, 0.3) is 10.9 Å². The van der Waals surface area contributed by atoms with Crippen LogP contribution >= 0.6 is 0 Å². The summed E-state index contributed by atoms with van der Waals surface area (Å²) in [6.07, 6.45) is 1.87. The number of non-ortho nitro benzene ring substituents is 1. The quantitative estimate of drug-likeness (QED) is 0.586. The van der Waals surface area contributed by atoms with Crippen molar-refractivity contribution in [2.24, 2.45) is 0 Å². The van der Waals surface area contributed by atoms with Gasteiger partial charge < -0.3 is 9.88 Å². The molecule has 2 aromatic carbocycles. The summed E-state index contributed by atoms with van der Waals surface area (Å²) in [5.74, 6) is -0.225. The summed E-state index contributed by atoms with van der Waals surface area (Å²) in [5.41, 5.74) is 3.34. The first kappa shape index (κ1) is 15.7. The van der Waals surface area contributed by atoms with E-state index in [4.69, 9.17) is 0 Å². The number of nitrogens with zero attached hydrogens (tertiary/aromatic N) is 2. The normalized spacial score (nSPS) is 10.8. The van der Waals surface area contributed by atoms with E-state index in [0.29, 0.717) is 5.69 Å². The third-order valence-corrected chi connectivity index (χ3v) is 3.95. The van der Waals surface area contributed by atoms with Gasteiger partial charge in [-0.25, -0.2) is 0 Å². The Hall–Kier alpha value is -3.15. The van der Waals surface area contributed by atoms with Crippen molar-refractivity contribution in [3.8, 4) is 0 Å². The highest BCUT2D eigenvalue weighted by atomic mass is 16.6. The summed E-state index contributed by atoms with van der Waals surface area (Å²) in [7, 11) is 0. The number of anilines is 1. The van der Waals surface area contributed by atoms with Crippen LogP contribution in [-0.4, -0.2) is 15.4 Å². The first-order valence-corrected chi connectivity index (χ1v) is 7.54. The van der Waals surface area contributed by atoms with Gasteiger partial charge in [0.15, 0.2) is 0 Å². The average Bonchev–Trinajstić information content (AvgIpc) is 2.91. The minimum Gasteiger partial charge on any atom is -0.338 e. The molecule has 1 amide bonds. The topological polar surface area (TPSA) is 77.2 Å². The Balaban J connectivity index is 1.80. The van der Waals surface area contributed by atoms with Gasteiger partial charge in [0, 0.05) is 23.8 Å². The maximum Gasteiger partial charge on any atom is 0.271 e. The van der Waals surface area contributed by atoms with Crippen molar-refractivity contribution in [2.45, 2.75) is 20.4 Å². The molecule has 1 N–H and O–H groups in total. The highest BCUT2D eigenvalue weighted by Gasteiger charge is 2.12. The van der Waals surface area contributed by atoms with Gasteiger partial charge in [-0.2, -0.15) is 0 Å². The highest BCUT2D eigenvalue weighted by molar-refractivity contribution is 5.93. The number of aryl methyl sites for hydroxylation is 2. The maximum absolute atomic E-state index is 12.3. The lowest BCUT2D eigenvalue weighted by Gasteiger charge is -2.10. The molecule has 0 aliphatic carbocycles. The van der Waals surface area contributed by atoms with Crippen LogP contribution in [0, 0.1) is 24.0 Å². The van der Waals surface area contributed by atoms with E-state index in [1.165, 1.54) is 12.1 Å². The van der Waals surface area contributed by atoms with Crippen molar-refractivity contribution in [1.82, 2.24) is 4.57 Å². The number of amides is 1. The highest BCUT2D eigenvalue weighted by Crippen LogP contribution is 2.22. The fraction of sp³-hybridized carbons (Fsp3) is 0.167. The third kappa shape index (κ3) is 3.12. The predicted molar refractivity (Wildman–Crippen MR) is 93.1 cm³/mol. The van der Waals surface area contributed by atoms with Gasteiger partial charge in [-0.15, -0.1) is 0 Å². The van der Waals surface area contributed by atoms with Crippen molar-refractivity contribution in [3.05, 3.63) is 69.9 Å². The molecular weight excluding hydrogens is 306 g/mol. The maximum atomic E-state index is 12.3. The van der Waals surface area contributed by atoms with E-state index in [2.05, 4.69) is 11.4 Å². The molecule has 0 radical (unpaired) electrons. The molecule has 0 aliphatic heterocycles. The summed E-state index contributed by atoms with van der Waals surface area (Å²) < 4.78 is 1.86. The number of nitrogens with one attached hydrogen (secondary N) is 1. The molecule has 6 heteroatoms. The number of carbonyl (C=O) groups is 1. The minimum atomic E-state index is -0.475. The standard InChI is InChI=1S/C18H17N3O3/c1-12-3-6-17-14(9-12)7-8-20(17)11-18(22)19-16-10-15(21(23)24)5-4-13(16)2/h3-10H,11H2,1-2H3,(H,19,22). The number of aromatic nitrogens is 1. The van der Waals surface area contributed by atoms with Crippen LogP contribution in [-0.2, 0) is 11.3 Å². The first-order valence-electron chi connectivity index (χ1n) is 7.54. The smallest absolute Gasteiger partial charge is 0.271 e. The van der Waals surface area contributed by atoms with Crippen molar-refractivity contribution < 1.29 is 9.72 Å². The van der Waals surface area contributed by atoms with Crippen LogP contribution < -0.4 is 5.32 Å². The first-order chi connectivity index (χ1) is 11.4. The van der Waals surface area contributed by atoms with Gasteiger partial charge in [0.1, 0.15) is 6.54 Å². The van der Waals surface area contributed by atoms with Crippen LogP contribution in [0.3, 0.4) is 0 Å². The Bertz CT molecular complexity index is 944. The van der Waals surface area contributed by atoms with Crippen molar-refractivity contribution in [1.29, 1.82) is 0 Å². The van der Waals surface area contributed by atoms with Gasteiger partial charge in [0.05, 0.1) is 10.6 Å². The molecule has 3 rings (SSSR count). The van der Waals surface area contributed by atoms with Crippen molar-refractivity contribution >= 4 is 28.2 Å². The zero-order valence-corrected chi connectivity index (χ0v) is 13.4. The molecule has 0 unspecified atom stereocenters. The van der Waals surface area contributed by atoms with E-state index in [1.807, 2.05) is 35.9 Å². The molecule has 122 valence electrons. The Labute approximate surface area is 138 Å². The van der Waals surface area contributed by atoms with E-state index in [9.17, 15) is 14.9 Å². The second kappa shape index (κ2) is 6.16. The van der Waals surface area contributed by atoms with Crippen LogP contribution in [0.1, 0.15) is 11.1 Å². The number of hydrogen-bond acceptors (Lipinski definition) is 3. The third-order valence-electron chi connectivity index (χ3n) is 3.95. The Kier molecular flexibility index (Phi) is 4.04. The van der Waals surface area contributed by atoms with E-state index >= 15 is 0 Å². The molecular formula is C18H17N3O3. The number of nitro benzene ring substituents is 1. The van der Waals surface area contributed by atoms with E-state index in [0.717, 1.165) is 22.0 Å². The molecule has 1 heterocycles. The lowest BCUT2D eigenvalue weighted by atomic mass is 10.2. The number of benzene rings is 2. The zero-order chi connectivity index (χ0) is 17.3. The lowest BCUT2D eigenvalue weighted by Crippen LogP contribution is -2.18. The van der Waals surface area contributed by atoms with Crippen LogP contribution in [0.5, 0.6) is 0 Å². The fourth-order valence-corrected chi connectivity index (χ4v) is 2.66. The Morgan fingerprint density at radius 1 is 1.17 bits per heavy atom. The molecule has 0 aliphatic rings. The molecule has 0 saturated carbocycles. The number of rotatable bonds is 4. The van der Waals surface area contributed by atoms with E-state index < -0.39 is 4.92 Å². The summed E-state index contributed by atoms with van der Waals surface area (Å²) in [6.45, 7) is 3.97. The SMILES string of the molecule is Cc1ccc2c(ccn2CC(=O)Nc2cc([N+](=O)[O-])ccc2C)c1. The summed E-state index contributed by atoms with van der Waals surface area (Å²) >= 11 is 0. The number of fused-ring (bicyclic) bond motifs is 1. The van der Waals surface area contributed by atoms with Gasteiger partial charge in [-0.3, -0.25) is 14.9 Å². The van der Waals surface area contributed by atoms with Crippen molar-refractivity contribution in [2.75, 3.05) is 5.32 Å². The summed E-state index contributed by atoms with van der Waals surface area (Å²) in [4.78, 5) is 22.7. The largest absolute Gasteiger partial charge is 0.338 e. The van der Waals surface area contributed by atoms with Crippen LogP contribution in [0.4, 0.5) is 11.4 Å². The second-order valence-corrected chi connectivity index (χ2v) is 5.81. The molecule has 0 saturated heterocycles. The number of nitro groups is 1. The second-order valence-electron chi connectivity index (χ2n) is 5.81. The molecule has 0 atom stereocenters. The van der Waals surface area contributed by atoms with E-state index in [1.54, 1.807) is 13.0 Å². The monoisotopic (exact) mass is 323 g/mol. The van der Waals surface area contributed by atoms with E-state index in [-0.39, 0.29) is 18.1 Å². The van der Waals surface area contributed by atoms with Crippen LogP contribution in [0.2, 0.25) is 0 Å². The molecule has 0 fully saturated rings. The minimum absolute atomic E-state index is 0.0437. The average molecular weight is 323 g/mol. The molecule has 1 aromatic heterocycles. The fourth-order valence-electron chi connectivity index (χ4n) is 2.66. The summed E-state index contributed by atoms with van der Waals surface area (Å²) in [6, 6.07) is 12.4. The molecule has 6 nitrogen and oxygen atoms in total. The Morgan fingerprint density at radius 2 is 1.96 bits per heavy atom. The molecule has 0 bridgehead atoms. The summed E-state index contributed by atoms with van der Waals surface area (Å²) in [5, 5.41) is 14.7. The van der Waals surface area contributed by atoms with Crippen LogP contribution in [0.15, 0.2) is 48.7 Å². The molecule has 3 aromatic rings. The zero-order valence-electron chi connectivity index (χ0n) is 13.4. The lowest BCUT2D eigenvalue weighted by molar-refractivity contribution is -0.384. The number of hydrogen-bond donors (Lipinski definition) is 1. The Morgan fingerprint density at radius 3 is 2.71 bits per heavy atom. The van der Waals surface area contributed by atoms with Crippen molar-refractivity contribution in [3.63, 3.8) is 0 Å². The van der Waals surface area contributed by atoms with Gasteiger partial charge in [0.2, 0.25) is 5.91 Å². The van der Waals surface area contributed by atoms with Gasteiger partial charge in [-0.05, 0) is 43.0 Å². The van der Waals surface area contributed by atoms with Gasteiger partial charge in [-0.1, -0.05) is 17.7 Å². The van der Waals surface area contributed by atoms with Gasteiger partial charge in [0.25, 0.3) is 5.69 Å².